The van der Waals surface area contributed by atoms with Gasteiger partial charge in [-0.05, 0) is 66.1 Å². The van der Waals surface area contributed by atoms with Crippen molar-refractivity contribution in [2.45, 2.75) is 58.5 Å². The Balaban J connectivity index is 1.45. The number of aromatic amines is 1. The van der Waals surface area contributed by atoms with Gasteiger partial charge >= 0.3 is 5.69 Å². The average molecular weight is 679 g/mol. The minimum Gasteiger partial charge on any atom is -0.475 e. The molecule has 1 amide bonds. The molecule has 0 spiro atoms. The zero-order valence-corrected chi connectivity index (χ0v) is 28.8. The number of aryl methyl sites for hydroxylation is 2. The first kappa shape index (κ1) is 33.5. The van der Waals surface area contributed by atoms with Crippen LogP contribution in [0.25, 0.3) is 22.4 Å². The van der Waals surface area contributed by atoms with Crippen molar-refractivity contribution in [1.29, 1.82) is 0 Å². The molecular formula is C37H38N6O5S. The van der Waals surface area contributed by atoms with Crippen molar-refractivity contribution in [2.75, 3.05) is 11.3 Å². The van der Waals surface area contributed by atoms with Crippen LogP contribution in [0.5, 0.6) is 5.88 Å². The SMILES string of the molecule is Cc1cccc(C)c1-c1cc2nc(n1)NS(=O)(=O)c1cccc(c1)C(=O)N(Cc1ccc(-c3cnc(=O)[nH]c3)cc1)[C@H](CC(C)(C)C)CO2. The minimum absolute atomic E-state index is 0.0904. The average Bonchev–Trinajstić information content (AvgIpc) is 3.05. The highest BCUT2D eigenvalue weighted by molar-refractivity contribution is 7.92. The maximum Gasteiger partial charge on any atom is 0.344 e. The number of H-pyrrole nitrogens is 1. The predicted octanol–water partition coefficient (Wildman–Crippen LogP) is 6.15. The van der Waals surface area contributed by atoms with Crippen molar-refractivity contribution in [2.24, 2.45) is 5.41 Å². The second-order valence-electron chi connectivity index (χ2n) is 13.5. The third-order valence-corrected chi connectivity index (χ3v) is 9.67. The van der Waals surface area contributed by atoms with Gasteiger partial charge < -0.3 is 14.6 Å². The number of anilines is 1. The van der Waals surface area contributed by atoms with Crippen LogP contribution in [0.15, 0.2) is 94.9 Å². The Bertz CT molecular complexity index is 2150. The van der Waals surface area contributed by atoms with E-state index in [0.717, 1.165) is 33.4 Å². The number of hydrogen-bond donors (Lipinski definition) is 2. The number of benzene rings is 3. The van der Waals surface area contributed by atoms with Gasteiger partial charge in [0.2, 0.25) is 11.8 Å². The molecule has 4 bridgehead atoms. The molecule has 3 heterocycles. The van der Waals surface area contributed by atoms with Crippen molar-refractivity contribution >= 4 is 21.9 Å². The zero-order chi connectivity index (χ0) is 34.9. The van der Waals surface area contributed by atoms with Crippen LogP contribution in [0.1, 0.15) is 54.2 Å². The zero-order valence-electron chi connectivity index (χ0n) is 28.0. The van der Waals surface area contributed by atoms with Gasteiger partial charge in [0, 0.05) is 41.7 Å². The van der Waals surface area contributed by atoms with Crippen LogP contribution in [0.2, 0.25) is 0 Å². The number of sulfonamides is 1. The Morgan fingerprint density at radius 3 is 2.29 bits per heavy atom. The van der Waals surface area contributed by atoms with Crippen molar-refractivity contribution in [3.63, 3.8) is 0 Å². The van der Waals surface area contributed by atoms with Gasteiger partial charge in [0.05, 0.1) is 16.6 Å². The molecule has 0 unspecified atom stereocenters. The van der Waals surface area contributed by atoms with Gasteiger partial charge in [-0.2, -0.15) is 4.98 Å². The summed E-state index contributed by atoms with van der Waals surface area (Å²) in [5.74, 6) is -0.285. The number of carbonyl (C=O) groups is 1. The molecule has 1 aliphatic rings. The van der Waals surface area contributed by atoms with E-state index in [9.17, 15) is 18.0 Å². The number of nitrogens with zero attached hydrogens (tertiary/aromatic N) is 4. The first-order valence-electron chi connectivity index (χ1n) is 15.9. The lowest BCUT2D eigenvalue weighted by atomic mass is 9.87. The van der Waals surface area contributed by atoms with Crippen LogP contribution < -0.4 is 15.1 Å². The number of fused-ring (bicyclic) bond motifs is 4. The van der Waals surface area contributed by atoms with Gasteiger partial charge in [-0.25, -0.2) is 27.9 Å². The van der Waals surface area contributed by atoms with Gasteiger partial charge in [-0.3, -0.25) is 4.79 Å². The maximum atomic E-state index is 14.4. The first-order valence-corrected chi connectivity index (χ1v) is 17.4. The molecule has 12 heteroatoms. The van der Waals surface area contributed by atoms with Crippen LogP contribution in [0, 0.1) is 19.3 Å². The lowest BCUT2D eigenvalue weighted by Crippen LogP contribution is -2.45. The Kier molecular flexibility index (Phi) is 9.08. The van der Waals surface area contributed by atoms with Crippen LogP contribution in [-0.2, 0) is 16.6 Å². The van der Waals surface area contributed by atoms with Crippen LogP contribution in [0.3, 0.4) is 0 Å². The number of ether oxygens (including phenoxy) is 1. The largest absolute Gasteiger partial charge is 0.475 e. The van der Waals surface area contributed by atoms with Crippen molar-refractivity contribution in [1.82, 2.24) is 24.8 Å². The molecule has 2 N–H and O–H groups in total. The molecule has 6 rings (SSSR count). The quantitative estimate of drug-likeness (QED) is 0.225. The predicted molar refractivity (Wildman–Crippen MR) is 188 cm³/mol. The summed E-state index contributed by atoms with van der Waals surface area (Å²) in [7, 11) is -4.18. The fraction of sp³-hybridized carbons (Fsp3) is 0.270. The van der Waals surface area contributed by atoms with Crippen molar-refractivity contribution in [3.05, 3.63) is 118 Å². The van der Waals surface area contributed by atoms with Gasteiger partial charge in [0.15, 0.2) is 0 Å². The summed E-state index contributed by atoms with van der Waals surface area (Å²) in [5, 5.41) is 0. The van der Waals surface area contributed by atoms with Crippen LogP contribution >= 0.6 is 0 Å². The maximum absolute atomic E-state index is 14.4. The molecule has 2 aromatic heterocycles. The Morgan fingerprint density at radius 2 is 1.61 bits per heavy atom. The molecule has 0 radical (unpaired) electrons. The third-order valence-electron chi connectivity index (χ3n) is 8.34. The summed E-state index contributed by atoms with van der Waals surface area (Å²) < 4.78 is 36.2. The van der Waals surface area contributed by atoms with E-state index in [4.69, 9.17) is 4.74 Å². The van der Waals surface area contributed by atoms with E-state index in [1.165, 1.54) is 18.3 Å². The first-order chi connectivity index (χ1) is 23.3. The molecule has 0 aliphatic carbocycles. The van der Waals surface area contributed by atoms with Gasteiger partial charge in [-0.1, -0.05) is 69.3 Å². The molecule has 5 aromatic rings. The molecular weight excluding hydrogens is 641 g/mol. The standard InChI is InChI=1S/C37H38N6O5S/c1-23-8-6-9-24(2)33(23)31-17-32-41-35(40-31)42-49(46,47)30-11-7-10-27(16-30)34(44)43(29(22-48-32)18-37(3,4)5)21-25-12-14-26(15-13-25)28-19-38-36(45)39-20-28/h6-17,19-20,29H,18,21-22H2,1-5H3,(H,38,39,45)(H,40,41,42)/t29-/m1/s1. The summed E-state index contributed by atoms with van der Waals surface area (Å²) >= 11 is 0. The highest BCUT2D eigenvalue weighted by Crippen LogP contribution is 2.32. The van der Waals surface area contributed by atoms with Gasteiger partial charge in [-0.15, -0.1) is 0 Å². The molecule has 11 nitrogen and oxygen atoms in total. The number of carbonyl (C=O) groups excluding carboxylic acids is 1. The van der Waals surface area contributed by atoms with Crippen molar-refractivity contribution < 1.29 is 17.9 Å². The smallest absolute Gasteiger partial charge is 0.344 e. The Labute approximate surface area is 285 Å². The van der Waals surface area contributed by atoms with Crippen molar-refractivity contribution in [3.8, 4) is 28.3 Å². The summed E-state index contributed by atoms with van der Waals surface area (Å²) in [6.07, 6.45) is 3.69. The molecule has 0 fully saturated rings. The van der Waals surface area contributed by atoms with E-state index < -0.39 is 21.8 Å². The summed E-state index contributed by atoms with van der Waals surface area (Å²) in [5.41, 5.74) is 5.35. The van der Waals surface area contributed by atoms with Crippen LogP contribution in [-0.4, -0.2) is 51.8 Å². The number of rotatable bonds is 5. The van der Waals surface area contributed by atoms with E-state index in [1.54, 1.807) is 29.3 Å². The second kappa shape index (κ2) is 13.3. The molecule has 1 atom stereocenters. The monoisotopic (exact) mass is 678 g/mol. The van der Waals surface area contributed by atoms with E-state index in [-0.39, 0.29) is 46.8 Å². The normalized spacial score (nSPS) is 16.1. The van der Waals surface area contributed by atoms with E-state index >= 15 is 0 Å². The number of amides is 1. The summed E-state index contributed by atoms with van der Waals surface area (Å²) in [6.45, 7) is 10.6. The molecule has 3 aromatic carbocycles. The van der Waals surface area contributed by atoms with Crippen LogP contribution in [0.4, 0.5) is 5.95 Å². The lowest BCUT2D eigenvalue weighted by Gasteiger charge is -2.36. The molecule has 1 aliphatic heterocycles. The highest BCUT2D eigenvalue weighted by Gasteiger charge is 2.31. The van der Waals surface area contributed by atoms with E-state index in [0.29, 0.717) is 12.1 Å². The van der Waals surface area contributed by atoms with E-state index in [2.05, 4.69) is 45.4 Å². The third kappa shape index (κ3) is 7.70. The summed E-state index contributed by atoms with van der Waals surface area (Å²) in [6, 6.07) is 20.8. The van der Waals surface area contributed by atoms with E-state index in [1.807, 2.05) is 56.3 Å². The topological polar surface area (TPSA) is 147 Å². The molecule has 0 saturated carbocycles. The lowest BCUT2D eigenvalue weighted by molar-refractivity contribution is 0.0513. The summed E-state index contributed by atoms with van der Waals surface area (Å²) in [4.78, 5) is 43.0. The minimum atomic E-state index is -4.18. The number of aromatic nitrogens is 4. The van der Waals surface area contributed by atoms with Gasteiger partial charge in [0.1, 0.15) is 6.61 Å². The molecule has 252 valence electrons. The Hall–Kier alpha value is -5.36. The fourth-order valence-corrected chi connectivity index (χ4v) is 7.04. The second-order valence-corrected chi connectivity index (χ2v) is 15.2. The highest BCUT2D eigenvalue weighted by atomic mass is 32.2. The Morgan fingerprint density at radius 1 is 0.898 bits per heavy atom. The van der Waals surface area contributed by atoms with Gasteiger partial charge in [0.25, 0.3) is 15.9 Å². The number of hydrogen-bond acceptors (Lipinski definition) is 8. The number of nitrogens with one attached hydrogen (secondary N) is 2. The molecule has 0 saturated heterocycles. The molecule has 49 heavy (non-hydrogen) atoms. The fourth-order valence-electron chi connectivity index (χ4n) is 6.05.